The number of carboxylic acid groups (broad SMARTS) is 1. The molecule has 1 N–H and O–H groups in total. The number of hydrogen-bond acceptors (Lipinski definition) is 3. The Balaban J connectivity index is 1.90. The average Bonchev–Trinajstić information content (AvgIpc) is 2.83. The van der Waals surface area contributed by atoms with Crippen LogP contribution in [-0.4, -0.2) is 59.0 Å². The van der Waals surface area contributed by atoms with Crippen molar-refractivity contribution in [2.45, 2.75) is 38.1 Å². The minimum absolute atomic E-state index is 0.0932. The number of piperidine rings is 1. The van der Waals surface area contributed by atoms with Crippen LogP contribution >= 0.6 is 0 Å². The first-order chi connectivity index (χ1) is 8.18. The summed E-state index contributed by atoms with van der Waals surface area (Å²) >= 11 is 0. The van der Waals surface area contributed by atoms with Crippen molar-refractivity contribution in [2.75, 3.05) is 26.2 Å². The molecule has 0 aromatic heterocycles. The third-order valence-corrected chi connectivity index (χ3v) is 3.70. The van der Waals surface area contributed by atoms with E-state index in [1.54, 1.807) is 0 Å². The van der Waals surface area contributed by atoms with E-state index in [0.29, 0.717) is 6.42 Å². The predicted molar refractivity (Wildman–Crippen MR) is 62.7 cm³/mol. The van der Waals surface area contributed by atoms with E-state index in [-0.39, 0.29) is 12.5 Å². The Morgan fingerprint density at radius 3 is 2.35 bits per heavy atom. The number of carboxylic acids is 1. The number of hydrogen-bond donors (Lipinski definition) is 1. The number of carbonyl (C=O) groups excluding carboxylic acids is 1. The Morgan fingerprint density at radius 1 is 1.06 bits per heavy atom. The molecule has 1 unspecified atom stereocenters. The highest BCUT2D eigenvalue weighted by atomic mass is 16.4. The van der Waals surface area contributed by atoms with E-state index in [9.17, 15) is 9.59 Å². The minimum atomic E-state index is -0.793. The second-order valence-electron chi connectivity index (χ2n) is 4.91. The van der Waals surface area contributed by atoms with Crippen molar-refractivity contribution in [1.82, 2.24) is 9.80 Å². The molecule has 17 heavy (non-hydrogen) atoms. The van der Waals surface area contributed by atoms with Gasteiger partial charge in [0.05, 0.1) is 6.54 Å². The van der Waals surface area contributed by atoms with Crippen molar-refractivity contribution in [3.05, 3.63) is 0 Å². The van der Waals surface area contributed by atoms with E-state index in [4.69, 9.17) is 5.11 Å². The van der Waals surface area contributed by atoms with Crippen molar-refractivity contribution in [3.63, 3.8) is 0 Å². The molecule has 2 rings (SSSR count). The van der Waals surface area contributed by atoms with Gasteiger partial charge >= 0.3 is 5.97 Å². The van der Waals surface area contributed by atoms with Crippen LogP contribution in [0, 0.1) is 0 Å². The van der Waals surface area contributed by atoms with Gasteiger partial charge in [0.1, 0.15) is 6.04 Å². The lowest BCUT2D eigenvalue weighted by Crippen LogP contribution is -2.49. The van der Waals surface area contributed by atoms with E-state index in [1.807, 2.05) is 9.80 Å². The second kappa shape index (κ2) is 5.49. The SMILES string of the molecule is O=C(O)C1CCCCN1CC(=O)N1CCCC1. The summed E-state index contributed by atoms with van der Waals surface area (Å²) in [4.78, 5) is 26.8. The molecular formula is C12H20N2O3. The Bertz CT molecular complexity index is 300. The molecule has 0 aromatic rings. The van der Waals surface area contributed by atoms with Crippen LogP contribution in [0.4, 0.5) is 0 Å². The molecular weight excluding hydrogens is 220 g/mol. The lowest BCUT2D eigenvalue weighted by Gasteiger charge is -2.33. The summed E-state index contributed by atoms with van der Waals surface area (Å²) in [5.41, 5.74) is 0. The molecule has 5 heteroatoms. The van der Waals surface area contributed by atoms with Crippen LogP contribution in [0.2, 0.25) is 0 Å². The van der Waals surface area contributed by atoms with Crippen molar-refractivity contribution < 1.29 is 14.7 Å². The summed E-state index contributed by atoms with van der Waals surface area (Å²) in [7, 11) is 0. The molecule has 0 aliphatic carbocycles. The van der Waals surface area contributed by atoms with Crippen molar-refractivity contribution in [3.8, 4) is 0 Å². The molecule has 2 aliphatic rings. The van der Waals surface area contributed by atoms with Crippen molar-refractivity contribution in [1.29, 1.82) is 0 Å². The van der Waals surface area contributed by atoms with Crippen molar-refractivity contribution >= 4 is 11.9 Å². The monoisotopic (exact) mass is 240 g/mol. The van der Waals surface area contributed by atoms with E-state index >= 15 is 0 Å². The van der Waals surface area contributed by atoms with E-state index in [2.05, 4.69) is 0 Å². The van der Waals surface area contributed by atoms with Crippen LogP contribution in [0.3, 0.4) is 0 Å². The Morgan fingerprint density at radius 2 is 1.71 bits per heavy atom. The van der Waals surface area contributed by atoms with Gasteiger partial charge in [-0.2, -0.15) is 0 Å². The standard InChI is InChI=1S/C12H20N2O3/c15-11(13-6-3-4-7-13)9-14-8-2-1-5-10(14)12(16)17/h10H,1-9H2,(H,16,17). The maximum absolute atomic E-state index is 12.0. The lowest BCUT2D eigenvalue weighted by atomic mass is 10.0. The van der Waals surface area contributed by atoms with Gasteiger partial charge in [-0.3, -0.25) is 14.5 Å². The fourth-order valence-electron chi connectivity index (χ4n) is 2.70. The van der Waals surface area contributed by atoms with E-state index in [0.717, 1.165) is 45.3 Å². The lowest BCUT2D eigenvalue weighted by molar-refractivity contribution is -0.146. The molecule has 5 nitrogen and oxygen atoms in total. The highest BCUT2D eigenvalue weighted by Crippen LogP contribution is 2.18. The maximum Gasteiger partial charge on any atom is 0.320 e. The minimum Gasteiger partial charge on any atom is -0.480 e. The molecule has 1 atom stereocenters. The molecule has 0 aromatic carbocycles. The normalized spacial score (nSPS) is 26.1. The zero-order valence-electron chi connectivity index (χ0n) is 10.1. The van der Waals surface area contributed by atoms with Crippen LogP contribution in [0.15, 0.2) is 0 Å². The summed E-state index contributed by atoms with van der Waals surface area (Å²) in [5, 5.41) is 9.12. The summed E-state index contributed by atoms with van der Waals surface area (Å²) in [6.07, 6.45) is 4.77. The molecule has 0 spiro atoms. The second-order valence-corrected chi connectivity index (χ2v) is 4.91. The Kier molecular flexibility index (Phi) is 3.99. The van der Waals surface area contributed by atoms with Gasteiger partial charge < -0.3 is 10.0 Å². The maximum atomic E-state index is 12.0. The molecule has 2 aliphatic heterocycles. The molecule has 2 heterocycles. The molecule has 2 saturated heterocycles. The zero-order valence-corrected chi connectivity index (χ0v) is 10.1. The summed E-state index contributed by atoms with van der Waals surface area (Å²) in [6, 6.07) is -0.463. The fourth-order valence-corrected chi connectivity index (χ4v) is 2.70. The van der Waals surface area contributed by atoms with Gasteiger partial charge in [0.25, 0.3) is 0 Å². The van der Waals surface area contributed by atoms with Crippen LogP contribution < -0.4 is 0 Å². The first-order valence-corrected chi connectivity index (χ1v) is 6.43. The number of nitrogens with zero attached hydrogens (tertiary/aromatic N) is 2. The molecule has 1 amide bonds. The predicted octanol–water partition coefficient (Wildman–Crippen LogP) is 0.548. The molecule has 96 valence electrons. The summed E-state index contributed by atoms with van der Waals surface area (Å²) in [5.74, 6) is -0.699. The number of aliphatic carboxylic acids is 1. The quantitative estimate of drug-likeness (QED) is 0.782. The average molecular weight is 240 g/mol. The summed E-state index contributed by atoms with van der Waals surface area (Å²) in [6.45, 7) is 2.68. The van der Waals surface area contributed by atoms with Gasteiger partial charge in [0.2, 0.25) is 5.91 Å². The number of likely N-dealkylation sites (tertiary alicyclic amines) is 2. The van der Waals surface area contributed by atoms with Crippen LogP contribution in [-0.2, 0) is 9.59 Å². The van der Waals surface area contributed by atoms with Crippen LogP contribution in [0.1, 0.15) is 32.1 Å². The largest absolute Gasteiger partial charge is 0.480 e. The highest BCUT2D eigenvalue weighted by molar-refractivity contribution is 5.80. The third kappa shape index (κ3) is 2.97. The molecule has 0 saturated carbocycles. The number of rotatable bonds is 3. The third-order valence-electron chi connectivity index (χ3n) is 3.70. The van der Waals surface area contributed by atoms with E-state index in [1.165, 1.54) is 0 Å². The smallest absolute Gasteiger partial charge is 0.320 e. The van der Waals surface area contributed by atoms with Gasteiger partial charge in [-0.1, -0.05) is 6.42 Å². The summed E-state index contributed by atoms with van der Waals surface area (Å²) < 4.78 is 0. The van der Waals surface area contributed by atoms with Gasteiger partial charge in [0, 0.05) is 13.1 Å². The first kappa shape index (κ1) is 12.4. The first-order valence-electron chi connectivity index (χ1n) is 6.43. The number of carbonyl (C=O) groups is 2. The zero-order chi connectivity index (χ0) is 12.3. The Labute approximate surface area is 101 Å². The van der Waals surface area contributed by atoms with Gasteiger partial charge in [-0.25, -0.2) is 0 Å². The highest BCUT2D eigenvalue weighted by Gasteiger charge is 2.31. The molecule has 2 fully saturated rings. The Hall–Kier alpha value is -1.10. The van der Waals surface area contributed by atoms with Crippen LogP contribution in [0.25, 0.3) is 0 Å². The van der Waals surface area contributed by atoms with Gasteiger partial charge in [-0.15, -0.1) is 0 Å². The topological polar surface area (TPSA) is 60.9 Å². The molecule has 0 bridgehead atoms. The van der Waals surface area contributed by atoms with E-state index < -0.39 is 12.0 Å². The molecule has 0 radical (unpaired) electrons. The van der Waals surface area contributed by atoms with Crippen molar-refractivity contribution in [2.24, 2.45) is 0 Å². The number of amides is 1. The van der Waals surface area contributed by atoms with Crippen LogP contribution in [0.5, 0.6) is 0 Å². The van der Waals surface area contributed by atoms with Gasteiger partial charge in [-0.05, 0) is 32.2 Å². The fraction of sp³-hybridized carbons (Fsp3) is 0.833. The van der Waals surface area contributed by atoms with Gasteiger partial charge in [0.15, 0.2) is 0 Å².